The van der Waals surface area contributed by atoms with Gasteiger partial charge in [-0.2, -0.15) is 5.10 Å². The Morgan fingerprint density at radius 1 is 1.06 bits per heavy atom. The Labute approximate surface area is 211 Å². The smallest absolute Gasteiger partial charge is 0.410 e. The number of carbonyl (C=O) groups excluding carboxylic acids is 1. The summed E-state index contributed by atoms with van der Waals surface area (Å²) >= 11 is 0. The number of nitrogen functional groups attached to an aromatic ring is 1. The van der Waals surface area contributed by atoms with E-state index >= 15 is 0 Å². The van der Waals surface area contributed by atoms with Crippen molar-refractivity contribution in [3.8, 4) is 22.4 Å². The summed E-state index contributed by atoms with van der Waals surface area (Å²) in [6, 6.07) is 10.5. The van der Waals surface area contributed by atoms with Crippen LogP contribution in [0.3, 0.4) is 0 Å². The minimum atomic E-state index is -0.488. The number of rotatable bonds is 3. The number of amides is 1. The lowest BCUT2D eigenvalue weighted by atomic mass is 10.0. The number of likely N-dealkylation sites (tertiary alicyclic amines) is 1. The van der Waals surface area contributed by atoms with Crippen LogP contribution >= 0.6 is 0 Å². The number of aromatic nitrogens is 4. The van der Waals surface area contributed by atoms with E-state index in [0.717, 1.165) is 46.0 Å². The summed E-state index contributed by atoms with van der Waals surface area (Å²) in [5, 5.41) is 6.88. The number of piperidine rings is 1. The quantitative estimate of drug-likeness (QED) is 0.405. The molecule has 1 aliphatic heterocycles. The molecule has 8 heteroatoms. The molecule has 0 saturated carbocycles. The lowest BCUT2D eigenvalue weighted by Gasteiger charge is -2.33. The van der Waals surface area contributed by atoms with Gasteiger partial charge in [0.25, 0.3) is 0 Å². The van der Waals surface area contributed by atoms with Gasteiger partial charge in [-0.15, -0.1) is 0 Å². The second kappa shape index (κ2) is 9.26. The Balaban J connectivity index is 1.33. The molecular weight excluding hydrogens is 452 g/mol. The van der Waals surface area contributed by atoms with E-state index < -0.39 is 5.60 Å². The van der Waals surface area contributed by atoms with Crippen molar-refractivity contribution in [2.45, 2.75) is 52.2 Å². The molecule has 1 fully saturated rings. The zero-order valence-electron chi connectivity index (χ0n) is 21.2. The summed E-state index contributed by atoms with van der Waals surface area (Å²) in [5.74, 6) is 0.445. The number of nitrogens with zero attached hydrogens (tertiary/aromatic N) is 5. The van der Waals surface area contributed by atoms with Gasteiger partial charge < -0.3 is 15.4 Å². The first-order valence-corrected chi connectivity index (χ1v) is 12.3. The molecule has 4 aromatic rings. The number of anilines is 1. The van der Waals surface area contributed by atoms with Gasteiger partial charge >= 0.3 is 6.09 Å². The average molecular weight is 485 g/mol. The number of hydrogen-bond acceptors (Lipinski definition) is 6. The summed E-state index contributed by atoms with van der Waals surface area (Å²) in [4.78, 5) is 23.3. The molecule has 8 nitrogen and oxygen atoms in total. The maximum absolute atomic E-state index is 12.4. The number of ether oxygens (including phenoxy) is 1. The lowest BCUT2D eigenvalue weighted by Crippen LogP contribution is -2.42. The van der Waals surface area contributed by atoms with Crippen LogP contribution in [0.15, 0.2) is 55.1 Å². The van der Waals surface area contributed by atoms with Gasteiger partial charge in [-0.25, -0.2) is 9.78 Å². The molecular formula is C28H32N6O2. The van der Waals surface area contributed by atoms with E-state index in [2.05, 4.69) is 40.2 Å². The average Bonchev–Trinajstić information content (AvgIpc) is 3.34. The number of fused-ring (bicyclic) bond motifs is 1. The molecule has 186 valence electrons. The van der Waals surface area contributed by atoms with Crippen LogP contribution in [0.4, 0.5) is 10.6 Å². The first kappa shape index (κ1) is 23.8. The topological polar surface area (TPSA) is 99.2 Å². The molecule has 5 rings (SSSR count). The van der Waals surface area contributed by atoms with E-state index in [9.17, 15) is 4.79 Å². The van der Waals surface area contributed by atoms with Crippen LogP contribution in [0.1, 0.15) is 45.2 Å². The fourth-order valence-electron chi connectivity index (χ4n) is 4.64. The van der Waals surface area contributed by atoms with Crippen LogP contribution in [-0.4, -0.2) is 49.4 Å². The second-order valence-electron chi connectivity index (χ2n) is 10.4. The Bertz CT molecular complexity index is 1410. The molecule has 4 heterocycles. The maximum atomic E-state index is 12.4. The molecule has 1 aromatic carbocycles. The van der Waals surface area contributed by atoms with E-state index in [1.54, 1.807) is 11.1 Å². The van der Waals surface area contributed by atoms with E-state index in [-0.39, 0.29) is 12.1 Å². The van der Waals surface area contributed by atoms with Gasteiger partial charge in [-0.3, -0.25) is 9.67 Å². The maximum Gasteiger partial charge on any atom is 0.410 e. The van der Waals surface area contributed by atoms with Crippen LogP contribution in [0.2, 0.25) is 0 Å². The summed E-state index contributed by atoms with van der Waals surface area (Å²) < 4.78 is 7.50. The van der Waals surface area contributed by atoms with Crippen molar-refractivity contribution in [2.75, 3.05) is 18.8 Å². The minimum absolute atomic E-state index is 0.226. The lowest BCUT2D eigenvalue weighted by molar-refractivity contribution is 0.0185. The Morgan fingerprint density at radius 3 is 2.58 bits per heavy atom. The summed E-state index contributed by atoms with van der Waals surface area (Å²) in [7, 11) is 0. The molecule has 3 aromatic heterocycles. The third kappa shape index (κ3) is 4.89. The molecule has 0 bridgehead atoms. The monoisotopic (exact) mass is 484 g/mol. The molecule has 0 atom stereocenters. The molecule has 1 amide bonds. The van der Waals surface area contributed by atoms with Crippen molar-refractivity contribution < 1.29 is 9.53 Å². The molecule has 2 N–H and O–H groups in total. The Hall–Kier alpha value is -3.94. The predicted molar refractivity (Wildman–Crippen MR) is 141 cm³/mol. The number of aryl methyl sites for hydroxylation is 1. The molecule has 1 saturated heterocycles. The summed E-state index contributed by atoms with van der Waals surface area (Å²) in [6.45, 7) is 9.04. The van der Waals surface area contributed by atoms with E-state index in [1.807, 2.05) is 56.2 Å². The van der Waals surface area contributed by atoms with Crippen LogP contribution in [0, 0.1) is 6.92 Å². The summed E-state index contributed by atoms with van der Waals surface area (Å²) in [5.41, 5.74) is 10.5. The molecule has 36 heavy (non-hydrogen) atoms. The predicted octanol–water partition coefficient (Wildman–Crippen LogP) is 5.62. The third-order valence-corrected chi connectivity index (χ3v) is 6.60. The normalized spacial score (nSPS) is 14.8. The summed E-state index contributed by atoms with van der Waals surface area (Å²) in [6.07, 6.45) is 8.97. The van der Waals surface area contributed by atoms with Gasteiger partial charge in [0.2, 0.25) is 0 Å². The molecule has 0 aliphatic carbocycles. The van der Waals surface area contributed by atoms with Gasteiger partial charge in [-0.05, 0) is 63.6 Å². The first-order chi connectivity index (χ1) is 17.2. The largest absolute Gasteiger partial charge is 0.444 e. The molecule has 0 spiro atoms. The highest BCUT2D eigenvalue weighted by atomic mass is 16.6. The number of hydrogen-bond donors (Lipinski definition) is 1. The van der Waals surface area contributed by atoms with Crippen molar-refractivity contribution in [1.82, 2.24) is 24.6 Å². The van der Waals surface area contributed by atoms with Crippen LogP contribution < -0.4 is 5.73 Å². The number of benzene rings is 1. The van der Waals surface area contributed by atoms with E-state index in [1.165, 1.54) is 5.56 Å². The van der Waals surface area contributed by atoms with Gasteiger partial charge in [0, 0.05) is 53.8 Å². The van der Waals surface area contributed by atoms with Crippen LogP contribution in [0.5, 0.6) is 0 Å². The zero-order valence-corrected chi connectivity index (χ0v) is 21.2. The van der Waals surface area contributed by atoms with Crippen molar-refractivity contribution in [1.29, 1.82) is 0 Å². The second-order valence-corrected chi connectivity index (χ2v) is 10.4. The fraction of sp³-hybridized carbons (Fsp3) is 0.357. The van der Waals surface area contributed by atoms with Gasteiger partial charge in [0.05, 0.1) is 17.9 Å². The minimum Gasteiger partial charge on any atom is -0.444 e. The highest BCUT2D eigenvalue weighted by Gasteiger charge is 2.28. The van der Waals surface area contributed by atoms with E-state index in [0.29, 0.717) is 18.9 Å². The first-order valence-electron chi connectivity index (χ1n) is 12.3. The van der Waals surface area contributed by atoms with Crippen LogP contribution in [-0.2, 0) is 4.74 Å². The van der Waals surface area contributed by atoms with Crippen molar-refractivity contribution in [2.24, 2.45) is 0 Å². The van der Waals surface area contributed by atoms with Gasteiger partial charge in [-0.1, -0.05) is 18.2 Å². The highest BCUT2D eigenvalue weighted by Crippen LogP contribution is 2.32. The van der Waals surface area contributed by atoms with Crippen molar-refractivity contribution >= 4 is 22.7 Å². The Kier molecular flexibility index (Phi) is 6.12. The third-order valence-electron chi connectivity index (χ3n) is 6.60. The molecule has 0 unspecified atom stereocenters. The van der Waals surface area contributed by atoms with Crippen molar-refractivity contribution in [3.63, 3.8) is 0 Å². The SMILES string of the molecule is Cc1cccc2cc(-c3cc(-c4cnn(C5CCN(C(=O)OC(C)(C)C)CC5)c4)cnc3N)ncc12. The standard InChI is InChI=1S/C28H32N6O2/c1-18-6-5-7-19-13-25(30-16-24(18)19)23-12-20(14-31-26(23)29)21-15-32-34(17-21)22-8-10-33(11-9-22)27(35)36-28(2,3)4/h5-7,12-17,22H,8-11H2,1-4H3,(H2,29,31). The number of carbonyl (C=O) groups is 1. The van der Waals surface area contributed by atoms with Gasteiger partial charge in [0.1, 0.15) is 11.4 Å². The molecule has 1 aliphatic rings. The van der Waals surface area contributed by atoms with Gasteiger partial charge in [0.15, 0.2) is 0 Å². The van der Waals surface area contributed by atoms with Crippen molar-refractivity contribution in [3.05, 3.63) is 60.7 Å². The fourth-order valence-corrected chi connectivity index (χ4v) is 4.64. The number of nitrogens with two attached hydrogens (primary N) is 1. The van der Waals surface area contributed by atoms with E-state index in [4.69, 9.17) is 10.5 Å². The van der Waals surface area contributed by atoms with Crippen LogP contribution in [0.25, 0.3) is 33.2 Å². The number of pyridine rings is 2. The zero-order chi connectivity index (χ0) is 25.4. The molecule has 0 radical (unpaired) electrons. The highest BCUT2D eigenvalue weighted by molar-refractivity contribution is 5.89. The Morgan fingerprint density at radius 2 is 1.83 bits per heavy atom.